The summed E-state index contributed by atoms with van der Waals surface area (Å²) in [6.07, 6.45) is 3.66. The van der Waals surface area contributed by atoms with E-state index in [0.717, 1.165) is 30.1 Å². The molecule has 1 aromatic heterocycles. The molecule has 0 saturated carbocycles. The molecule has 2 aromatic rings. The van der Waals surface area contributed by atoms with Crippen LogP contribution >= 0.6 is 0 Å². The van der Waals surface area contributed by atoms with Gasteiger partial charge in [0.1, 0.15) is 5.75 Å². The highest BCUT2D eigenvalue weighted by atomic mass is 16.5. The molecule has 4 heteroatoms. The molecule has 4 nitrogen and oxygen atoms in total. The molecule has 0 unspecified atom stereocenters. The Bertz CT molecular complexity index is 528. The Morgan fingerprint density at radius 2 is 2.11 bits per heavy atom. The van der Waals surface area contributed by atoms with E-state index in [1.54, 1.807) is 13.3 Å². The molecule has 0 saturated heterocycles. The maximum atomic E-state index is 5.83. The highest BCUT2D eigenvalue weighted by Crippen LogP contribution is 2.22. The van der Waals surface area contributed by atoms with Crippen molar-refractivity contribution in [3.8, 4) is 5.75 Å². The van der Waals surface area contributed by atoms with Gasteiger partial charge in [-0.2, -0.15) is 0 Å². The molecular formula is C15H19N3O. The van der Waals surface area contributed by atoms with E-state index < -0.39 is 0 Å². The molecule has 0 atom stereocenters. The largest absolute Gasteiger partial charge is 0.496 e. The summed E-state index contributed by atoms with van der Waals surface area (Å²) < 4.78 is 5.36. The summed E-state index contributed by atoms with van der Waals surface area (Å²) in [5.41, 5.74) is 8.86. The first kappa shape index (κ1) is 13.4. The number of methoxy groups -OCH3 is 1. The predicted octanol–water partition coefficient (Wildman–Crippen LogP) is 2.30. The van der Waals surface area contributed by atoms with Crippen LogP contribution in [0.2, 0.25) is 0 Å². The lowest BCUT2D eigenvalue weighted by Crippen LogP contribution is -2.18. The van der Waals surface area contributed by atoms with Crippen LogP contribution in [0.15, 0.2) is 42.7 Å². The Labute approximate surface area is 113 Å². The molecule has 0 amide bonds. The average Bonchev–Trinajstić information content (AvgIpc) is 2.40. The van der Waals surface area contributed by atoms with Crippen LogP contribution in [0, 0.1) is 0 Å². The quantitative estimate of drug-likeness (QED) is 0.835. The lowest BCUT2D eigenvalue weighted by Gasteiger charge is -2.18. The van der Waals surface area contributed by atoms with E-state index >= 15 is 0 Å². The van der Waals surface area contributed by atoms with E-state index in [9.17, 15) is 0 Å². The average molecular weight is 257 g/mol. The Morgan fingerprint density at radius 3 is 2.79 bits per heavy atom. The maximum Gasteiger partial charge on any atom is 0.123 e. The van der Waals surface area contributed by atoms with Crippen LogP contribution in [-0.4, -0.2) is 24.0 Å². The summed E-state index contributed by atoms with van der Waals surface area (Å²) >= 11 is 0. The second kappa shape index (κ2) is 6.20. The molecule has 0 spiro atoms. The van der Waals surface area contributed by atoms with Gasteiger partial charge in [-0.3, -0.25) is 9.88 Å². The molecule has 0 radical (unpaired) electrons. The first-order chi connectivity index (χ1) is 9.19. The van der Waals surface area contributed by atoms with Gasteiger partial charge in [-0.15, -0.1) is 0 Å². The number of rotatable bonds is 5. The van der Waals surface area contributed by atoms with Gasteiger partial charge in [0.2, 0.25) is 0 Å². The number of nitrogen functional groups attached to an aromatic ring is 1. The number of pyridine rings is 1. The molecule has 2 rings (SSSR count). The van der Waals surface area contributed by atoms with Crippen LogP contribution < -0.4 is 10.5 Å². The van der Waals surface area contributed by atoms with Crippen molar-refractivity contribution >= 4 is 5.69 Å². The van der Waals surface area contributed by atoms with Crippen molar-refractivity contribution in [1.82, 2.24) is 9.88 Å². The molecule has 1 heterocycles. The van der Waals surface area contributed by atoms with Crippen LogP contribution in [0.4, 0.5) is 5.69 Å². The molecule has 0 fully saturated rings. The first-order valence-corrected chi connectivity index (χ1v) is 6.19. The Kier molecular flexibility index (Phi) is 4.36. The SMILES string of the molecule is COc1ccc(N)cc1CN(C)Cc1cccnc1. The molecule has 100 valence electrons. The number of hydrogen-bond acceptors (Lipinski definition) is 4. The standard InChI is InChI=1S/C15H19N3O/c1-18(10-12-4-3-7-17-9-12)11-13-8-14(16)5-6-15(13)19-2/h3-9H,10-11,16H2,1-2H3. The monoisotopic (exact) mass is 257 g/mol. The third-order valence-corrected chi connectivity index (χ3v) is 2.92. The summed E-state index contributed by atoms with van der Waals surface area (Å²) in [7, 11) is 3.74. The second-order valence-electron chi connectivity index (χ2n) is 4.60. The van der Waals surface area contributed by atoms with Gasteiger partial charge >= 0.3 is 0 Å². The highest BCUT2D eigenvalue weighted by Gasteiger charge is 2.07. The van der Waals surface area contributed by atoms with Crippen molar-refractivity contribution in [1.29, 1.82) is 0 Å². The van der Waals surface area contributed by atoms with Gasteiger partial charge in [-0.05, 0) is 36.9 Å². The molecule has 1 aromatic carbocycles. The smallest absolute Gasteiger partial charge is 0.123 e. The fourth-order valence-electron chi connectivity index (χ4n) is 2.07. The third kappa shape index (κ3) is 3.69. The lowest BCUT2D eigenvalue weighted by atomic mass is 10.1. The van der Waals surface area contributed by atoms with E-state index in [-0.39, 0.29) is 0 Å². The molecule has 0 aliphatic carbocycles. The number of anilines is 1. The number of benzene rings is 1. The third-order valence-electron chi connectivity index (χ3n) is 2.92. The van der Waals surface area contributed by atoms with E-state index in [4.69, 9.17) is 10.5 Å². The number of nitrogens with two attached hydrogens (primary N) is 1. The van der Waals surface area contributed by atoms with E-state index in [1.807, 2.05) is 30.5 Å². The van der Waals surface area contributed by atoms with Crippen LogP contribution in [0.5, 0.6) is 5.75 Å². The van der Waals surface area contributed by atoms with Crippen LogP contribution in [0.1, 0.15) is 11.1 Å². The van der Waals surface area contributed by atoms with Crippen LogP contribution in [0.3, 0.4) is 0 Å². The summed E-state index contributed by atoms with van der Waals surface area (Å²) in [6.45, 7) is 1.62. The van der Waals surface area contributed by atoms with E-state index in [1.165, 1.54) is 5.56 Å². The lowest BCUT2D eigenvalue weighted by molar-refractivity contribution is 0.310. The van der Waals surface area contributed by atoms with Crippen molar-refractivity contribution < 1.29 is 4.74 Å². The molecule has 0 aliphatic rings. The van der Waals surface area contributed by atoms with Crippen LogP contribution in [0.25, 0.3) is 0 Å². The minimum absolute atomic E-state index is 0.755. The number of hydrogen-bond donors (Lipinski definition) is 1. The highest BCUT2D eigenvalue weighted by molar-refractivity contribution is 5.47. The van der Waals surface area contributed by atoms with Crippen molar-refractivity contribution in [2.45, 2.75) is 13.1 Å². The molecule has 0 bridgehead atoms. The van der Waals surface area contributed by atoms with Crippen molar-refractivity contribution in [2.24, 2.45) is 0 Å². The van der Waals surface area contributed by atoms with Gasteiger partial charge < -0.3 is 10.5 Å². The van der Waals surface area contributed by atoms with Crippen LogP contribution in [-0.2, 0) is 13.1 Å². The van der Waals surface area contributed by atoms with Crippen molar-refractivity contribution in [2.75, 3.05) is 19.9 Å². The zero-order chi connectivity index (χ0) is 13.7. The summed E-state index contributed by atoms with van der Waals surface area (Å²) in [6, 6.07) is 9.73. The van der Waals surface area contributed by atoms with Gasteiger partial charge in [-0.1, -0.05) is 6.07 Å². The second-order valence-corrected chi connectivity index (χ2v) is 4.60. The Balaban J connectivity index is 2.06. The predicted molar refractivity (Wildman–Crippen MR) is 76.8 cm³/mol. The fraction of sp³-hybridized carbons (Fsp3) is 0.267. The summed E-state index contributed by atoms with van der Waals surface area (Å²) in [5, 5.41) is 0. The number of aromatic nitrogens is 1. The van der Waals surface area contributed by atoms with Gasteiger partial charge in [0.05, 0.1) is 7.11 Å². The van der Waals surface area contributed by atoms with E-state index in [0.29, 0.717) is 0 Å². The van der Waals surface area contributed by atoms with Gasteiger partial charge in [0.25, 0.3) is 0 Å². The maximum absolute atomic E-state index is 5.83. The number of ether oxygens (including phenoxy) is 1. The molecule has 2 N–H and O–H groups in total. The zero-order valence-electron chi connectivity index (χ0n) is 11.3. The zero-order valence-corrected chi connectivity index (χ0v) is 11.3. The first-order valence-electron chi connectivity index (χ1n) is 6.19. The summed E-state index contributed by atoms with van der Waals surface area (Å²) in [5.74, 6) is 0.868. The molecular weight excluding hydrogens is 238 g/mol. The van der Waals surface area contributed by atoms with Crippen molar-refractivity contribution in [3.05, 3.63) is 53.9 Å². The minimum atomic E-state index is 0.755. The summed E-state index contributed by atoms with van der Waals surface area (Å²) in [4.78, 5) is 6.32. The van der Waals surface area contributed by atoms with Gasteiger partial charge in [0.15, 0.2) is 0 Å². The van der Waals surface area contributed by atoms with Gasteiger partial charge in [-0.25, -0.2) is 0 Å². The van der Waals surface area contributed by atoms with Gasteiger partial charge in [0, 0.05) is 36.7 Å². The normalized spacial score (nSPS) is 10.7. The van der Waals surface area contributed by atoms with Crippen molar-refractivity contribution in [3.63, 3.8) is 0 Å². The van der Waals surface area contributed by atoms with E-state index in [2.05, 4.69) is 23.0 Å². The Morgan fingerprint density at radius 1 is 1.26 bits per heavy atom. The topological polar surface area (TPSA) is 51.4 Å². The fourth-order valence-corrected chi connectivity index (χ4v) is 2.07. The molecule has 19 heavy (non-hydrogen) atoms. The molecule has 0 aliphatic heterocycles. The Hall–Kier alpha value is -2.07. The minimum Gasteiger partial charge on any atom is -0.496 e. The number of nitrogens with zero attached hydrogens (tertiary/aromatic N) is 2.